The molecular weight excluding hydrogens is 259 g/mol. The van der Waals surface area contributed by atoms with E-state index in [2.05, 4.69) is 15.0 Å². The highest BCUT2D eigenvalue weighted by molar-refractivity contribution is 6.35. The number of aromatic nitrogens is 3. The summed E-state index contributed by atoms with van der Waals surface area (Å²) in [6, 6.07) is 3.44. The minimum Gasteiger partial charge on any atom is -0.330 e. The van der Waals surface area contributed by atoms with E-state index < -0.39 is 0 Å². The van der Waals surface area contributed by atoms with Gasteiger partial charge in [0, 0.05) is 24.5 Å². The standard InChI is InChI=1S/C11H10Cl2N4/c12-7-5-9(13)10(16-6-7)11-15-4-2-8(17-11)1-3-14/h2,4-6H,1,3,14H2. The van der Waals surface area contributed by atoms with Crippen LogP contribution in [-0.4, -0.2) is 21.5 Å². The minimum atomic E-state index is 0.433. The van der Waals surface area contributed by atoms with E-state index in [1.54, 1.807) is 12.3 Å². The lowest BCUT2D eigenvalue weighted by atomic mass is 10.3. The zero-order valence-corrected chi connectivity index (χ0v) is 10.4. The first-order chi connectivity index (χ1) is 8.20. The van der Waals surface area contributed by atoms with Gasteiger partial charge in [0.2, 0.25) is 0 Å². The molecule has 0 amide bonds. The SMILES string of the molecule is NCCc1ccnc(-c2ncc(Cl)cc2Cl)n1. The molecule has 6 heteroatoms. The number of nitrogens with two attached hydrogens (primary N) is 1. The molecule has 4 nitrogen and oxygen atoms in total. The summed E-state index contributed by atoms with van der Waals surface area (Å²) in [6.07, 6.45) is 3.88. The smallest absolute Gasteiger partial charge is 0.179 e. The number of hydrogen-bond donors (Lipinski definition) is 1. The van der Waals surface area contributed by atoms with E-state index in [-0.39, 0.29) is 0 Å². The molecule has 2 aromatic heterocycles. The molecule has 88 valence electrons. The third-order valence-electron chi connectivity index (χ3n) is 2.13. The van der Waals surface area contributed by atoms with Crippen LogP contribution >= 0.6 is 23.2 Å². The molecule has 0 bridgehead atoms. The van der Waals surface area contributed by atoms with Crippen molar-refractivity contribution < 1.29 is 0 Å². The summed E-state index contributed by atoms with van der Waals surface area (Å²) in [7, 11) is 0. The van der Waals surface area contributed by atoms with Gasteiger partial charge in [0.15, 0.2) is 5.82 Å². The summed E-state index contributed by atoms with van der Waals surface area (Å²) in [5, 5.41) is 0.916. The third kappa shape index (κ3) is 2.91. The highest BCUT2D eigenvalue weighted by Gasteiger charge is 2.09. The van der Waals surface area contributed by atoms with E-state index in [0.717, 1.165) is 5.69 Å². The van der Waals surface area contributed by atoms with Crippen molar-refractivity contribution in [3.05, 3.63) is 40.3 Å². The Bertz CT molecular complexity index is 531. The first kappa shape index (κ1) is 12.2. The number of rotatable bonds is 3. The van der Waals surface area contributed by atoms with E-state index in [1.165, 1.54) is 6.20 Å². The lowest BCUT2D eigenvalue weighted by Crippen LogP contribution is -2.05. The van der Waals surface area contributed by atoms with Gasteiger partial charge < -0.3 is 5.73 Å². The Morgan fingerprint density at radius 1 is 1.24 bits per heavy atom. The predicted octanol–water partition coefficient (Wildman–Crippen LogP) is 2.35. The lowest BCUT2D eigenvalue weighted by molar-refractivity contribution is 0.911. The highest BCUT2D eigenvalue weighted by atomic mass is 35.5. The quantitative estimate of drug-likeness (QED) is 0.928. The van der Waals surface area contributed by atoms with Crippen LogP contribution in [0.4, 0.5) is 0 Å². The number of pyridine rings is 1. The van der Waals surface area contributed by atoms with Crippen LogP contribution in [0, 0.1) is 0 Å². The first-order valence-corrected chi connectivity index (χ1v) is 5.79. The van der Waals surface area contributed by atoms with Gasteiger partial charge in [0.25, 0.3) is 0 Å². The largest absolute Gasteiger partial charge is 0.330 e. The Balaban J connectivity index is 2.42. The van der Waals surface area contributed by atoms with Crippen molar-refractivity contribution in [3.8, 4) is 11.5 Å². The number of halogens is 2. The fraction of sp³-hybridized carbons (Fsp3) is 0.182. The van der Waals surface area contributed by atoms with Gasteiger partial charge in [-0.15, -0.1) is 0 Å². The van der Waals surface area contributed by atoms with Gasteiger partial charge >= 0.3 is 0 Å². The molecule has 0 atom stereocenters. The molecule has 2 N–H and O–H groups in total. The van der Waals surface area contributed by atoms with E-state index in [9.17, 15) is 0 Å². The third-order valence-corrected chi connectivity index (χ3v) is 2.63. The molecule has 0 fully saturated rings. The number of hydrogen-bond acceptors (Lipinski definition) is 4. The Labute approximate surface area is 109 Å². The molecule has 2 rings (SSSR count). The van der Waals surface area contributed by atoms with Crippen molar-refractivity contribution in [1.82, 2.24) is 15.0 Å². The van der Waals surface area contributed by atoms with Gasteiger partial charge in [-0.3, -0.25) is 0 Å². The molecule has 0 aliphatic heterocycles. The Hall–Kier alpha value is -1.23. The molecule has 0 aliphatic carbocycles. The first-order valence-electron chi connectivity index (χ1n) is 5.04. The normalized spacial score (nSPS) is 10.5. The summed E-state index contributed by atoms with van der Waals surface area (Å²) >= 11 is 11.8. The van der Waals surface area contributed by atoms with Crippen LogP contribution in [0.25, 0.3) is 11.5 Å². The maximum atomic E-state index is 6.04. The molecule has 0 aliphatic rings. The molecule has 0 saturated heterocycles. The Kier molecular flexibility index (Phi) is 3.89. The van der Waals surface area contributed by atoms with Gasteiger partial charge in [-0.1, -0.05) is 23.2 Å². The topological polar surface area (TPSA) is 64.7 Å². The zero-order valence-electron chi connectivity index (χ0n) is 8.90. The Morgan fingerprint density at radius 3 is 2.76 bits per heavy atom. The van der Waals surface area contributed by atoms with Crippen LogP contribution in [0.5, 0.6) is 0 Å². The molecular formula is C11H10Cl2N4. The second kappa shape index (κ2) is 5.40. The maximum Gasteiger partial charge on any atom is 0.179 e. The summed E-state index contributed by atoms with van der Waals surface area (Å²) in [6.45, 7) is 0.540. The van der Waals surface area contributed by atoms with Crippen LogP contribution in [0.15, 0.2) is 24.5 Å². The minimum absolute atomic E-state index is 0.433. The summed E-state index contributed by atoms with van der Waals surface area (Å²) in [5.41, 5.74) is 6.87. The van der Waals surface area contributed by atoms with Crippen LogP contribution in [0.2, 0.25) is 10.0 Å². The second-order valence-electron chi connectivity index (χ2n) is 3.39. The second-order valence-corrected chi connectivity index (χ2v) is 4.24. The van der Waals surface area contributed by atoms with Crippen molar-refractivity contribution in [1.29, 1.82) is 0 Å². The molecule has 0 radical (unpaired) electrons. The van der Waals surface area contributed by atoms with Crippen molar-refractivity contribution >= 4 is 23.2 Å². The summed E-state index contributed by atoms with van der Waals surface area (Å²) in [5.74, 6) is 0.484. The van der Waals surface area contributed by atoms with E-state index in [0.29, 0.717) is 34.5 Å². The van der Waals surface area contributed by atoms with Gasteiger partial charge in [-0.25, -0.2) is 15.0 Å². The molecule has 0 saturated carbocycles. The Morgan fingerprint density at radius 2 is 2.06 bits per heavy atom. The lowest BCUT2D eigenvalue weighted by Gasteiger charge is -2.04. The summed E-state index contributed by atoms with van der Waals surface area (Å²) in [4.78, 5) is 12.6. The van der Waals surface area contributed by atoms with Crippen LogP contribution in [0.1, 0.15) is 5.69 Å². The molecule has 17 heavy (non-hydrogen) atoms. The maximum absolute atomic E-state index is 6.04. The van der Waals surface area contributed by atoms with Crippen LogP contribution in [0.3, 0.4) is 0 Å². The van der Waals surface area contributed by atoms with Crippen molar-refractivity contribution in [2.75, 3.05) is 6.54 Å². The average Bonchev–Trinajstić information content (AvgIpc) is 2.29. The average molecular weight is 269 g/mol. The van der Waals surface area contributed by atoms with Crippen LogP contribution in [-0.2, 0) is 6.42 Å². The van der Waals surface area contributed by atoms with Gasteiger partial charge in [0.1, 0.15) is 5.69 Å². The fourth-order valence-electron chi connectivity index (χ4n) is 1.38. The molecule has 0 spiro atoms. The molecule has 2 aromatic rings. The molecule has 2 heterocycles. The van der Waals surface area contributed by atoms with E-state index in [4.69, 9.17) is 28.9 Å². The van der Waals surface area contributed by atoms with Crippen molar-refractivity contribution in [2.24, 2.45) is 5.73 Å². The van der Waals surface area contributed by atoms with Gasteiger partial charge in [-0.2, -0.15) is 0 Å². The monoisotopic (exact) mass is 268 g/mol. The molecule has 0 unspecified atom stereocenters. The number of nitrogens with zero attached hydrogens (tertiary/aromatic N) is 3. The summed E-state index contributed by atoms with van der Waals surface area (Å²) < 4.78 is 0. The highest BCUT2D eigenvalue weighted by Crippen LogP contribution is 2.25. The van der Waals surface area contributed by atoms with Crippen LogP contribution < -0.4 is 5.73 Å². The molecule has 0 aromatic carbocycles. The fourth-order valence-corrected chi connectivity index (χ4v) is 1.84. The van der Waals surface area contributed by atoms with Crippen molar-refractivity contribution in [3.63, 3.8) is 0 Å². The predicted molar refractivity (Wildman–Crippen MR) is 68.0 cm³/mol. The van der Waals surface area contributed by atoms with E-state index >= 15 is 0 Å². The van der Waals surface area contributed by atoms with Gasteiger partial charge in [0.05, 0.1) is 10.0 Å². The van der Waals surface area contributed by atoms with E-state index in [1.807, 2.05) is 6.07 Å². The zero-order chi connectivity index (χ0) is 12.3. The van der Waals surface area contributed by atoms with Gasteiger partial charge in [-0.05, 0) is 18.7 Å². The van der Waals surface area contributed by atoms with Crippen molar-refractivity contribution in [2.45, 2.75) is 6.42 Å².